The fourth-order valence-electron chi connectivity index (χ4n) is 2.63. The number of thiophene rings is 1. The van der Waals surface area contributed by atoms with Crippen molar-refractivity contribution in [1.82, 2.24) is 5.32 Å². The van der Waals surface area contributed by atoms with Crippen molar-refractivity contribution in [2.24, 2.45) is 5.92 Å². The highest BCUT2D eigenvalue weighted by Crippen LogP contribution is 2.38. The zero-order valence-electron chi connectivity index (χ0n) is 17.9. The van der Waals surface area contributed by atoms with E-state index in [-0.39, 0.29) is 33.9 Å². The Morgan fingerprint density at radius 1 is 1.12 bits per heavy atom. The molecule has 1 aromatic heterocycles. The average molecular weight is 521 g/mol. The predicted octanol–water partition coefficient (Wildman–Crippen LogP) is 5.37. The second-order valence-corrected chi connectivity index (χ2v) is 10.5. The van der Waals surface area contributed by atoms with E-state index in [9.17, 15) is 14.4 Å². The smallest absolute Gasteiger partial charge is 0.341 e. The minimum atomic E-state index is -1.94. The van der Waals surface area contributed by atoms with Crippen LogP contribution >= 0.6 is 46.1 Å². The quantitative estimate of drug-likeness (QED) is 0.247. The number of amides is 2. The van der Waals surface area contributed by atoms with E-state index in [1.807, 2.05) is 6.07 Å². The van der Waals surface area contributed by atoms with Crippen LogP contribution in [0.1, 0.15) is 46.4 Å². The Morgan fingerprint density at radius 3 is 2.28 bits per heavy atom. The number of carbonyl (C=O) groups is 3. The highest BCUT2D eigenvalue weighted by Gasteiger charge is 2.37. The Labute approximate surface area is 205 Å². The second-order valence-electron chi connectivity index (χ2n) is 7.08. The van der Waals surface area contributed by atoms with Crippen LogP contribution in [0.2, 0.25) is 0 Å². The van der Waals surface area contributed by atoms with Crippen LogP contribution < -0.4 is 16.0 Å². The van der Waals surface area contributed by atoms with Crippen LogP contribution in [-0.2, 0) is 9.53 Å². The van der Waals surface area contributed by atoms with E-state index in [4.69, 9.17) is 39.5 Å². The van der Waals surface area contributed by atoms with Crippen molar-refractivity contribution in [3.8, 4) is 0 Å². The van der Waals surface area contributed by atoms with Crippen LogP contribution in [-0.4, -0.2) is 34.3 Å². The molecular formula is C21H24Cl3N3O4S. The first kappa shape index (κ1) is 26.3. The van der Waals surface area contributed by atoms with Gasteiger partial charge in [-0.25, -0.2) is 4.79 Å². The van der Waals surface area contributed by atoms with Crippen LogP contribution in [0.25, 0.3) is 0 Å². The van der Waals surface area contributed by atoms with Crippen molar-refractivity contribution < 1.29 is 19.1 Å². The summed E-state index contributed by atoms with van der Waals surface area (Å²) in [7, 11) is 0. The lowest BCUT2D eigenvalue weighted by molar-refractivity contribution is -0.124. The summed E-state index contributed by atoms with van der Waals surface area (Å²) in [5.41, 5.74) is 1.14. The Morgan fingerprint density at radius 2 is 1.75 bits per heavy atom. The molecule has 0 unspecified atom stereocenters. The molecule has 0 radical (unpaired) electrons. The van der Waals surface area contributed by atoms with Gasteiger partial charge >= 0.3 is 5.97 Å². The molecule has 0 bridgehead atoms. The van der Waals surface area contributed by atoms with Crippen molar-refractivity contribution in [2.45, 2.75) is 37.7 Å². The van der Waals surface area contributed by atoms with Crippen molar-refractivity contribution >= 4 is 74.6 Å². The summed E-state index contributed by atoms with van der Waals surface area (Å²) in [6.45, 7) is 6.82. The molecule has 0 saturated heterocycles. The monoisotopic (exact) mass is 519 g/mol. The number of ether oxygens (including phenoxy) is 1. The summed E-state index contributed by atoms with van der Waals surface area (Å²) >= 11 is 19.2. The molecule has 1 heterocycles. The third kappa shape index (κ3) is 6.75. The summed E-state index contributed by atoms with van der Waals surface area (Å²) in [6.07, 6.45) is -1.17. The molecule has 32 heavy (non-hydrogen) atoms. The lowest BCUT2D eigenvalue weighted by Gasteiger charge is -2.28. The molecule has 0 spiro atoms. The number of anilines is 2. The van der Waals surface area contributed by atoms with Gasteiger partial charge in [-0.15, -0.1) is 11.3 Å². The first-order chi connectivity index (χ1) is 15.0. The summed E-state index contributed by atoms with van der Waals surface area (Å²) in [5, 5.41) is 8.53. The summed E-state index contributed by atoms with van der Waals surface area (Å²) in [5.74, 6) is -1.77. The first-order valence-electron chi connectivity index (χ1n) is 9.76. The molecule has 2 amide bonds. The lowest BCUT2D eigenvalue weighted by Crippen LogP contribution is -2.50. The molecule has 0 saturated carbocycles. The molecular weight excluding hydrogens is 497 g/mol. The van der Waals surface area contributed by atoms with Crippen LogP contribution in [0.3, 0.4) is 0 Å². The molecule has 0 aliphatic rings. The van der Waals surface area contributed by atoms with Gasteiger partial charge in [0.1, 0.15) is 11.2 Å². The average Bonchev–Trinajstić information content (AvgIpc) is 3.03. The van der Waals surface area contributed by atoms with Crippen molar-refractivity contribution in [1.29, 1.82) is 0 Å². The highest BCUT2D eigenvalue weighted by atomic mass is 35.6. The highest BCUT2D eigenvalue weighted by molar-refractivity contribution is 7.18. The van der Waals surface area contributed by atoms with Gasteiger partial charge in [-0.2, -0.15) is 0 Å². The van der Waals surface area contributed by atoms with E-state index >= 15 is 0 Å². The van der Waals surface area contributed by atoms with Crippen LogP contribution in [0.5, 0.6) is 0 Å². The maximum absolute atomic E-state index is 12.9. The topological polar surface area (TPSA) is 96.5 Å². The fraction of sp³-hybridized carbons (Fsp3) is 0.381. The van der Waals surface area contributed by atoms with Crippen molar-refractivity contribution in [2.75, 3.05) is 17.2 Å². The van der Waals surface area contributed by atoms with Gasteiger partial charge in [0.15, 0.2) is 0 Å². The van der Waals surface area contributed by atoms with E-state index in [0.717, 1.165) is 11.3 Å². The molecule has 1 atom stereocenters. The van der Waals surface area contributed by atoms with Crippen molar-refractivity contribution in [3.05, 3.63) is 46.3 Å². The summed E-state index contributed by atoms with van der Waals surface area (Å²) in [4.78, 5) is 38.1. The molecule has 11 heteroatoms. The third-order valence-electron chi connectivity index (χ3n) is 4.28. The van der Waals surface area contributed by atoms with Gasteiger partial charge in [-0.1, -0.05) is 66.8 Å². The van der Waals surface area contributed by atoms with E-state index in [0.29, 0.717) is 11.3 Å². The van der Waals surface area contributed by atoms with Gasteiger partial charge in [-0.05, 0) is 31.5 Å². The van der Waals surface area contributed by atoms with Crippen molar-refractivity contribution in [3.63, 3.8) is 0 Å². The van der Waals surface area contributed by atoms with E-state index in [2.05, 4.69) is 16.0 Å². The second kappa shape index (κ2) is 11.2. The Kier molecular flexibility index (Phi) is 9.21. The number of benzene rings is 1. The number of para-hydroxylation sites is 1. The Balaban J connectivity index is 2.45. The van der Waals surface area contributed by atoms with Gasteiger partial charge in [0.2, 0.25) is 9.70 Å². The minimum absolute atomic E-state index is 0.133. The Hall–Kier alpha value is -2.00. The summed E-state index contributed by atoms with van der Waals surface area (Å²) < 4.78 is 3.21. The fourth-order valence-corrected chi connectivity index (χ4v) is 4.08. The van der Waals surface area contributed by atoms with Gasteiger partial charge in [0.25, 0.3) is 5.91 Å². The number of carbonyl (C=O) groups excluding carboxylic acids is 3. The van der Waals surface area contributed by atoms with Gasteiger partial charge in [0.05, 0.1) is 17.0 Å². The SMILES string of the molecule is CCOC(=O)c1c(N[C@H](NC(=O)C(C)C)C(Cl)(Cl)Cl)sc(C(=O)Nc2ccccc2)c1C. The number of hydrogen-bond acceptors (Lipinski definition) is 6. The number of rotatable bonds is 8. The lowest BCUT2D eigenvalue weighted by atomic mass is 10.1. The van der Waals surface area contributed by atoms with E-state index in [1.54, 1.807) is 52.0 Å². The van der Waals surface area contributed by atoms with Gasteiger partial charge in [0, 0.05) is 11.6 Å². The largest absolute Gasteiger partial charge is 0.462 e. The summed E-state index contributed by atoms with van der Waals surface area (Å²) in [6, 6.07) is 8.89. The standard InChI is InChI=1S/C21H24Cl3N3O4S/c1-5-31-19(30)14-12(4)15(17(29)25-13-9-7-6-8-10-13)32-18(14)27-20(21(22,23)24)26-16(28)11(2)3/h6-11,20,27H,5H2,1-4H3,(H,25,29)(H,26,28)/t20-/m0/s1. The van der Waals surface area contributed by atoms with Gasteiger partial charge < -0.3 is 20.7 Å². The zero-order valence-corrected chi connectivity index (χ0v) is 21.0. The Bertz CT molecular complexity index is 975. The van der Waals surface area contributed by atoms with E-state index in [1.165, 1.54) is 0 Å². The number of nitrogens with one attached hydrogen (secondary N) is 3. The van der Waals surface area contributed by atoms with Crippen LogP contribution in [0.4, 0.5) is 10.7 Å². The maximum Gasteiger partial charge on any atom is 0.341 e. The molecule has 1 aromatic carbocycles. The molecule has 0 aliphatic heterocycles. The molecule has 0 aliphatic carbocycles. The van der Waals surface area contributed by atoms with Gasteiger partial charge in [-0.3, -0.25) is 9.59 Å². The minimum Gasteiger partial charge on any atom is -0.462 e. The third-order valence-corrected chi connectivity index (χ3v) is 6.15. The maximum atomic E-state index is 12.9. The molecule has 174 valence electrons. The van der Waals surface area contributed by atoms with Crippen LogP contribution in [0, 0.1) is 12.8 Å². The first-order valence-corrected chi connectivity index (χ1v) is 11.7. The molecule has 7 nitrogen and oxygen atoms in total. The number of halogens is 3. The number of alkyl halides is 3. The zero-order chi connectivity index (χ0) is 24.1. The molecule has 0 fully saturated rings. The van der Waals surface area contributed by atoms with Crippen LogP contribution in [0.15, 0.2) is 30.3 Å². The predicted molar refractivity (Wildman–Crippen MR) is 130 cm³/mol. The molecule has 2 aromatic rings. The normalized spacial score (nSPS) is 12.2. The number of esters is 1. The number of hydrogen-bond donors (Lipinski definition) is 3. The van der Waals surface area contributed by atoms with E-state index < -0.39 is 21.8 Å². The molecule has 3 N–H and O–H groups in total. The molecule has 2 rings (SSSR count).